The standard InChI is InChI=1S/C12H17FN2O/c1-8-6-9(2)14-12(11(8)13)15-5-3-4-10(16)7-15/h6,10,16H,3-5,7H2,1-2H3. The number of pyridine rings is 1. The molecule has 2 rings (SSSR count). The Morgan fingerprint density at radius 1 is 1.50 bits per heavy atom. The molecule has 0 radical (unpaired) electrons. The molecular formula is C12H17FN2O. The van der Waals surface area contributed by atoms with Crippen molar-refractivity contribution in [2.75, 3.05) is 18.0 Å². The van der Waals surface area contributed by atoms with Crippen molar-refractivity contribution in [1.29, 1.82) is 0 Å². The van der Waals surface area contributed by atoms with Gasteiger partial charge in [0.1, 0.15) is 0 Å². The molecule has 0 aliphatic carbocycles. The Hall–Kier alpha value is -1.16. The number of halogens is 1. The van der Waals surface area contributed by atoms with Gasteiger partial charge >= 0.3 is 0 Å². The number of hydrogen-bond acceptors (Lipinski definition) is 3. The van der Waals surface area contributed by atoms with Gasteiger partial charge in [0, 0.05) is 18.8 Å². The predicted molar refractivity (Wildman–Crippen MR) is 61.1 cm³/mol. The Morgan fingerprint density at radius 2 is 2.25 bits per heavy atom. The number of aryl methyl sites for hydroxylation is 2. The smallest absolute Gasteiger partial charge is 0.168 e. The van der Waals surface area contributed by atoms with Gasteiger partial charge in [-0.3, -0.25) is 0 Å². The Morgan fingerprint density at radius 3 is 2.94 bits per heavy atom. The van der Waals surface area contributed by atoms with E-state index in [0.29, 0.717) is 17.9 Å². The van der Waals surface area contributed by atoms with E-state index < -0.39 is 0 Å². The minimum atomic E-state index is -0.365. The second kappa shape index (κ2) is 4.37. The van der Waals surface area contributed by atoms with Crippen molar-refractivity contribution < 1.29 is 9.50 Å². The first-order valence-electron chi connectivity index (χ1n) is 5.64. The summed E-state index contributed by atoms with van der Waals surface area (Å²) in [6.45, 7) is 4.85. The monoisotopic (exact) mass is 224 g/mol. The minimum Gasteiger partial charge on any atom is -0.391 e. The molecule has 16 heavy (non-hydrogen) atoms. The van der Waals surface area contributed by atoms with Gasteiger partial charge in [-0.1, -0.05) is 0 Å². The van der Waals surface area contributed by atoms with Gasteiger partial charge in [-0.15, -0.1) is 0 Å². The molecule has 2 heterocycles. The van der Waals surface area contributed by atoms with Crippen LogP contribution in [0.1, 0.15) is 24.1 Å². The third-order valence-electron chi connectivity index (χ3n) is 2.95. The van der Waals surface area contributed by atoms with Gasteiger partial charge in [0.25, 0.3) is 0 Å². The summed E-state index contributed by atoms with van der Waals surface area (Å²) in [5, 5.41) is 9.58. The molecule has 0 amide bonds. The molecule has 1 unspecified atom stereocenters. The topological polar surface area (TPSA) is 36.4 Å². The average Bonchev–Trinajstić information content (AvgIpc) is 2.23. The number of β-amino-alcohol motifs (C(OH)–C–C–N with tert-alkyl or cyclic N) is 1. The van der Waals surface area contributed by atoms with Crippen LogP contribution >= 0.6 is 0 Å². The number of hydrogen-bond donors (Lipinski definition) is 1. The number of aliphatic hydroxyl groups excluding tert-OH is 1. The SMILES string of the molecule is Cc1cc(C)c(F)c(N2CCCC(O)C2)n1. The summed E-state index contributed by atoms with van der Waals surface area (Å²) in [5.74, 6) is 0.121. The zero-order chi connectivity index (χ0) is 11.7. The van der Waals surface area contributed by atoms with Crippen LogP contribution in [-0.2, 0) is 0 Å². The molecule has 0 saturated carbocycles. The normalized spacial score (nSPS) is 21.2. The van der Waals surface area contributed by atoms with Crippen molar-refractivity contribution in [3.05, 3.63) is 23.1 Å². The van der Waals surface area contributed by atoms with Crippen LogP contribution in [0.2, 0.25) is 0 Å². The minimum absolute atomic E-state index is 0.264. The van der Waals surface area contributed by atoms with Crippen molar-refractivity contribution in [3.63, 3.8) is 0 Å². The summed E-state index contributed by atoms with van der Waals surface area (Å²) in [7, 11) is 0. The lowest BCUT2D eigenvalue weighted by Crippen LogP contribution is -2.39. The molecule has 0 spiro atoms. The molecule has 1 atom stereocenters. The van der Waals surface area contributed by atoms with E-state index in [-0.39, 0.29) is 11.9 Å². The number of aromatic nitrogens is 1. The lowest BCUT2D eigenvalue weighted by Gasteiger charge is -2.31. The Labute approximate surface area is 94.9 Å². The number of aliphatic hydroxyl groups is 1. The van der Waals surface area contributed by atoms with Crippen LogP contribution in [0.5, 0.6) is 0 Å². The van der Waals surface area contributed by atoms with E-state index in [1.807, 2.05) is 11.8 Å². The Bertz CT molecular complexity index is 395. The van der Waals surface area contributed by atoms with Gasteiger partial charge in [-0.2, -0.15) is 0 Å². The lowest BCUT2D eigenvalue weighted by molar-refractivity contribution is 0.153. The third kappa shape index (κ3) is 2.16. The lowest BCUT2D eigenvalue weighted by atomic mass is 10.1. The van der Waals surface area contributed by atoms with E-state index in [1.165, 1.54) is 0 Å². The van der Waals surface area contributed by atoms with Gasteiger partial charge in [-0.25, -0.2) is 9.37 Å². The molecule has 3 nitrogen and oxygen atoms in total. The highest BCUT2D eigenvalue weighted by Crippen LogP contribution is 2.23. The number of anilines is 1. The molecule has 1 aliphatic rings. The van der Waals surface area contributed by atoms with Crippen LogP contribution < -0.4 is 4.90 Å². The van der Waals surface area contributed by atoms with Crippen LogP contribution in [0.3, 0.4) is 0 Å². The highest BCUT2D eigenvalue weighted by molar-refractivity contribution is 5.44. The van der Waals surface area contributed by atoms with Crippen LogP contribution in [0, 0.1) is 19.7 Å². The van der Waals surface area contributed by atoms with E-state index >= 15 is 0 Å². The average molecular weight is 224 g/mol. The molecule has 1 aromatic heterocycles. The summed E-state index contributed by atoms with van der Waals surface area (Å²) < 4.78 is 13.9. The molecule has 0 bridgehead atoms. The van der Waals surface area contributed by atoms with Crippen LogP contribution in [0.25, 0.3) is 0 Å². The van der Waals surface area contributed by atoms with Crippen molar-refractivity contribution in [1.82, 2.24) is 4.98 Å². The summed E-state index contributed by atoms with van der Waals surface area (Å²) >= 11 is 0. The highest BCUT2D eigenvalue weighted by Gasteiger charge is 2.22. The molecular weight excluding hydrogens is 207 g/mol. The molecule has 1 fully saturated rings. The van der Waals surface area contributed by atoms with Gasteiger partial charge in [0.2, 0.25) is 0 Å². The fourth-order valence-electron chi connectivity index (χ4n) is 2.16. The maximum Gasteiger partial charge on any atom is 0.168 e. The second-order valence-electron chi connectivity index (χ2n) is 4.46. The predicted octanol–water partition coefficient (Wildman–Crippen LogP) is 1.80. The summed E-state index contributed by atoms with van der Waals surface area (Å²) in [4.78, 5) is 6.07. The van der Waals surface area contributed by atoms with Crippen LogP contribution in [0.15, 0.2) is 6.07 Å². The van der Waals surface area contributed by atoms with E-state index in [4.69, 9.17) is 0 Å². The maximum absolute atomic E-state index is 13.9. The van der Waals surface area contributed by atoms with Gasteiger partial charge in [-0.05, 0) is 38.3 Å². The number of piperidine rings is 1. The zero-order valence-electron chi connectivity index (χ0n) is 9.70. The number of rotatable bonds is 1. The van der Waals surface area contributed by atoms with Crippen molar-refractivity contribution >= 4 is 5.82 Å². The first kappa shape index (κ1) is 11.3. The first-order valence-corrected chi connectivity index (χ1v) is 5.64. The maximum atomic E-state index is 13.9. The van der Waals surface area contributed by atoms with Crippen molar-refractivity contribution in [3.8, 4) is 0 Å². The van der Waals surface area contributed by atoms with Crippen LogP contribution in [-0.4, -0.2) is 29.3 Å². The van der Waals surface area contributed by atoms with E-state index in [1.54, 1.807) is 13.0 Å². The molecule has 1 aromatic rings. The van der Waals surface area contributed by atoms with E-state index in [0.717, 1.165) is 25.1 Å². The molecule has 88 valence electrons. The third-order valence-corrected chi connectivity index (χ3v) is 2.95. The summed E-state index contributed by atoms with van der Waals surface area (Å²) in [6.07, 6.45) is 1.31. The molecule has 1 aliphatic heterocycles. The van der Waals surface area contributed by atoms with Gasteiger partial charge < -0.3 is 10.0 Å². The van der Waals surface area contributed by atoms with E-state index in [2.05, 4.69) is 4.98 Å². The zero-order valence-corrected chi connectivity index (χ0v) is 9.70. The molecule has 1 N–H and O–H groups in total. The van der Waals surface area contributed by atoms with Gasteiger partial charge in [0.15, 0.2) is 11.6 Å². The quantitative estimate of drug-likeness (QED) is 0.790. The highest BCUT2D eigenvalue weighted by atomic mass is 19.1. The van der Waals surface area contributed by atoms with Crippen LogP contribution in [0.4, 0.5) is 10.2 Å². The van der Waals surface area contributed by atoms with Crippen molar-refractivity contribution in [2.24, 2.45) is 0 Å². The van der Waals surface area contributed by atoms with Crippen molar-refractivity contribution in [2.45, 2.75) is 32.8 Å². The fraction of sp³-hybridized carbons (Fsp3) is 0.583. The summed E-state index contributed by atoms with van der Waals surface area (Å²) in [6, 6.07) is 1.74. The van der Waals surface area contributed by atoms with Gasteiger partial charge in [0.05, 0.1) is 6.10 Å². The molecule has 1 saturated heterocycles. The number of nitrogens with zero attached hydrogens (tertiary/aromatic N) is 2. The molecule has 4 heteroatoms. The molecule has 0 aromatic carbocycles. The van der Waals surface area contributed by atoms with E-state index in [9.17, 15) is 9.50 Å². The first-order chi connectivity index (χ1) is 7.58. The Balaban J connectivity index is 2.32. The largest absolute Gasteiger partial charge is 0.391 e. The Kier molecular flexibility index (Phi) is 3.10. The fourth-order valence-corrected chi connectivity index (χ4v) is 2.16. The second-order valence-corrected chi connectivity index (χ2v) is 4.46. The summed E-state index contributed by atoms with van der Waals surface area (Å²) in [5.41, 5.74) is 1.43.